The van der Waals surface area contributed by atoms with Crippen LogP contribution in [0, 0.1) is 11.8 Å². The Balaban J connectivity index is 2.17. The van der Waals surface area contributed by atoms with Crippen LogP contribution in [0.4, 0.5) is 0 Å². The largest absolute Gasteiger partial charge is 0.469 e. The zero-order valence-electron chi connectivity index (χ0n) is 13.1. The summed E-state index contributed by atoms with van der Waals surface area (Å²) in [4.78, 5) is 26.7. The number of rotatable bonds is 5. The molecule has 0 bridgehead atoms. The molecule has 1 aliphatic rings. The minimum absolute atomic E-state index is 0.00913. The Labute approximate surface area is 125 Å². The maximum absolute atomic E-state index is 12.7. The molecule has 1 aromatic heterocycles. The van der Waals surface area contributed by atoms with Crippen molar-refractivity contribution >= 4 is 11.8 Å². The highest BCUT2D eigenvalue weighted by Gasteiger charge is 2.42. The van der Waals surface area contributed by atoms with Gasteiger partial charge in [-0.3, -0.25) is 9.59 Å². The van der Waals surface area contributed by atoms with E-state index in [1.165, 1.54) is 0 Å². The van der Waals surface area contributed by atoms with E-state index >= 15 is 0 Å². The van der Waals surface area contributed by atoms with Gasteiger partial charge in [0, 0.05) is 13.0 Å². The molecule has 5 heteroatoms. The summed E-state index contributed by atoms with van der Waals surface area (Å²) in [5.74, 6) is 0.953. The molecule has 1 fully saturated rings. The van der Waals surface area contributed by atoms with Gasteiger partial charge in [-0.05, 0) is 24.0 Å². The van der Waals surface area contributed by atoms with Gasteiger partial charge in [-0.2, -0.15) is 0 Å². The summed E-state index contributed by atoms with van der Waals surface area (Å²) >= 11 is 0. The molecule has 1 aromatic rings. The Hall–Kier alpha value is -1.78. The summed E-state index contributed by atoms with van der Waals surface area (Å²) in [7, 11) is 0. The molecule has 2 amide bonds. The molecule has 2 atom stereocenters. The summed E-state index contributed by atoms with van der Waals surface area (Å²) in [6, 6.07) is 2.89. The molecule has 1 saturated heterocycles. The normalized spacial score (nSPS) is 23.0. The first-order chi connectivity index (χ1) is 9.91. The van der Waals surface area contributed by atoms with Gasteiger partial charge in [0.15, 0.2) is 0 Å². The fourth-order valence-electron chi connectivity index (χ4n) is 2.81. The van der Waals surface area contributed by atoms with E-state index in [1.807, 2.05) is 39.8 Å². The molecule has 2 unspecified atom stereocenters. The van der Waals surface area contributed by atoms with Gasteiger partial charge in [-0.15, -0.1) is 0 Å². The number of furan rings is 1. The van der Waals surface area contributed by atoms with Crippen LogP contribution in [0.5, 0.6) is 0 Å². The van der Waals surface area contributed by atoms with E-state index in [1.54, 1.807) is 11.2 Å². The third-order valence-electron chi connectivity index (χ3n) is 3.93. The van der Waals surface area contributed by atoms with E-state index in [-0.39, 0.29) is 23.7 Å². The molecule has 2 rings (SSSR count). The van der Waals surface area contributed by atoms with Crippen molar-refractivity contribution in [1.82, 2.24) is 10.2 Å². The minimum atomic E-state index is -0.427. The number of nitrogens with zero attached hydrogens (tertiary/aromatic N) is 1. The highest BCUT2D eigenvalue weighted by atomic mass is 16.3. The topological polar surface area (TPSA) is 62.6 Å². The highest BCUT2D eigenvalue weighted by molar-refractivity contribution is 5.97. The van der Waals surface area contributed by atoms with Crippen LogP contribution in [0.2, 0.25) is 0 Å². The van der Waals surface area contributed by atoms with Crippen LogP contribution in [-0.2, 0) is 16.0 Å². The molecule has 21 heavy (non-hydrogen) atoms. The third kappa shape index (κ3) is 3.28. The Bertz CT molecular complexity index is 494. The molecule has 116 valence electrons. The fourth-order valence-corrected chi connectivity index (χ4v) is 2.81. The average Bonchev–Trinajstić information content (AvgIpc) is 2.91. The molecule has 1 N–H and O–H groups in total. The SMILES string of the molecule is CC(C)C1NC(=O)C(C(C)C)N(CCc2ccco2)C1=O. The molecule has 5 nitrogen and oxygen atoms in total. The van der Waals surface area contributed by atoms with Crippen LogP contribution < -0.4 is 5.32 Å². The van der Waals surface area contributed by atoms with Crippen LogP contribution in [0.25, 0.3) is 0 Å². The lowest BCUT2D eigenvalue weighted by molar-refractivity contribution is -0.152. The Morgan fingerprint density at radius 3 is 2.48 bits per heavy atom. The number of hydrogen-bond donors (Lipinski definition) is 1. The first-order valence-electron chi connectivity index (χ1n) is 7.55. The van der Waals surface area contributed by atoms with Gasteiger partial charge in [0.1, 0.15) is 17.8 Å². The summed E-state index contributed by atoms with van der Waals surface area (Å²) in [6.45, 7) is 8.33. The molecule has 0 radical (unpaired) electrons. The van der Waals surface area contributed by atoms with Gasteiger partial charge in [0.05, 0.1) is 6.26 Å². The second-order valence-corrected chi connectivity index (χ2v) is 6.28. The number of piperazine rings is 1. The minimum Gasteiger partial charge on any atom is -0.469 e. The van der Waals surface area contributed by atoms with Crippen molar-refractivity contribution in [2.75, 3.05) is 6.54 Å². The van der Waals surface area contributed by atoms with Crippen LogP contribution in [-0.4, -0.2) is 35.3 Å². The lowest BCUT2D eigenvalue weighted by atomic mass is 9.92. The Kier molecular flexibility index (Phi) is 4.70. The number of carbonyl (C=O) groups excluding carboxylic acids is 2. The van der Waals surface area contributed by atoms with Gasteiger partial charge >= 0.3 is 0 Å². The maximum Gasteiger partial charge on any atom is 0.246 e. The molecule has 0 saturated carbocycles. The lowest BCUT2D eigenvalue weighted by Crippen LogP contribution is -2.66. The second-order valence-electron chi connectivity index (χ2n) is 6.28. The average molecular weight is 292 g/mol. The van der Waals surface area contributed by atoms with Crippen molar-refractivity contribution in [2.24, 2.45) is 11.8 Å². The van der Waals surface area contributed by atoms with Crippen LogP contribution in [0.3, 0.4) is 0 Å². The van der Waals surface area contributed by atoms with Gasteiger partial charge in [0.25, 0.3) is 0 Å². The number of nitrogens with one attached hydrogen (secondary N) is 1. The predicted octanol–water partition coefficient (Wildman–Crippen LogP) is 1.83. The van der Waals surface area contributed by atoms with E-state index in [9.17, 15) is 9.59 Å². The fraction of sp³-hybridized carbons (Fsp3) is 0.625. The summed E-state index contributed by atoms with van der Waals surface area (Å²) in [6.07, 6.45) is 2.25. The maximum atomic E-state index is 12.7. The van der Waals surface area contributed by atoms with E-state index < -0.39 is 12.1 Å². The number of amides is 2. The Morgan fingerprint density at radius 1 is 1.24 bits per heavy atom. The predicted molar refractivity (Wildman–Crippen MR) is 79.5 cm³/mol. The van der Waals surface area contributed by atoms with E-state index in [4.69, 9.17) is 4.42 Å². The van der Waals surface area contributed by atoms with Crippen molar-refractivity contribution in [3.63, 3.8) is 0 Å². The van der Waals surface area contributed by atoms with Crippen molar-refractivity contribution in [3.05, 3.63) is 24.2 Å². The number of carbonyl (C=O) groups is 2. The molecule has 0 aromatic carbocycles. The first kappa shape index (κ1) is 15.6. The zero-order valence-corrected chi connectivity index (χ0v) is 13.1. The van der Waals surface area contributed by atoms with Gasteiger partial charge < -0.3 is 14.6 Å². The van der Waals surface area contributed by atoms with Gasteiger partial charge in [-0.1, -0.05) is 27.7 Å². The molecule has 0 aliphatic carbocycles. The van der Waals surface area contributed by atoms with E-state index in [2.05, 4.69) is 5.32 Å². The van der Waals surface area contributed by atoms with E-state index in [0.29, 0.717) is 13.0 Å². The Morgan fingerprint density at radius 2 is 1.95 bits per heavy atom. The van der Waals surface area contributed by atoms with Crippen molar-refractivity contribution in [2.45, 2.75) is 46.2 Å². The first-order valence-corrected chi connectivity index (χ1v) is 7.55. The summed E-state index contributed by atoms with van der Waals surface area (Å²) in [5, 5.41) is 2.87. The summed E-state index contributed by atoms with van der Waals surface area (Å²) in [5.41, 5.74) is 0. The molecule has 0 spiro atoms. The van der Waals surface area contributed by atoms with Crippen LogP contribution in [0.1, 0.15) is 33.5 Å². The molecule has 1 aliphatic heterocycles. The third-order valence-corrected chi connectivity index (χ3v) is 3.93. The van der Waals surface area contributed by atoms with E-state index in [0.717, 1.165) is 5.76 Å². The van der Waals surface area contributed by atoms with Crippen molar-refractivity contribution in [3.8, 4) is 0 Å². The zero-order chi connectivity index (χ0) is 15.6. The smallest absolute Gasteiger partial charge is 0.246 e. The standard InChI is InChI=1S/C16H24N2O3/c1-10(2)13-16(20)18(8-7-12-6-5-9-21-12)14(11(3)4)15(19)17-13/h5-6,9-11,13-14H,7-8H2,1-4H3,(H,17,19). The molecule has 2 heterocycles. The highest BCUT2D eigenvalue weighted by Crippen LogP contribution is 2.21. The molecular weight excluding hydrogens is 268 g/mol. The quantitative estimate of drug-likeness (QED) is 0.900. The van der Waals surface area contributed by atoms with Crippen molar-refractivity contribution in [1.29, 1.82) is 0 Å². The van der Waals surface area contributed by atoms with Crippen LogP contribution >= 0.6 is 0 Å². The monoisotopic (exact) mass is 292 g/mol. The molecular formula is C16H24N2O3. The summed E-state index contributed by atoms with van der Waals surface area (Å²) < 4.78 is 5.32. The second kappa shape index (κ2) is 6.33. The van der Waals surface area contributed by atoms with Crippen LogP contribution in [0.15, 0.2) is 22.8 Å². The number of hydrogen-bond acceptors (Lipinski definition) is 3. The lowest BCUT2D eigenvalue weighted by Gasteiger charge is -2.42. The van der Waals surface area contributed by atoms with Crippen molar-refractivity contribution < 1.29 is 14.0 Å². The van der Waals surface area contributed by atoms with Gasteiger partial charge in [-0.25, -0.2) is 0 Å². The van der Waals surface area contributed by atoms with Gasteiger partial charge in [0.2, 0.25) is 11.8 Å².